The number of carbonyl (C=O) groups excluding carboxylic acids is 2. The highest BCUT2D eigenvalue weighted by Crippen LogP contribution is 2.17. The Morgan fingerprint density at radius 2 is 1.92 bits per heavy atom. The lowest BCUT2D eigenvalue weighted by molar-refractivity contribution is -0.124. The lowest BCUT2D eigenvalue weighted by Crippen LogP contribution is -2.31. The highest BCUT2D eigenvalue weighted by atomic mass is 35.5. The van der Waals surface area contributed by atoms with E-state index < -0.39 is 11.9 Å². The van der Waals surface area contributed by atoms with Gasteiger partial charge < -0.3 is 10.1 Å². The van der Waals surface area contributed by atoms with Gasteiger partial charge in [0.15, 0.2) is 12.3 Å². The Balaban J connectivity index is 1.56. The second-order valence-corrected chi connectivity index (χ2v) is 5.97. The van der Waals surface area contributed by atoms with Crippen molar-refractivity contribution >= 4 is 34.4 Å². The Morgan fingerprint density at radius 1 is 1.20 bits per heavy atom. The normalized spacial score (nSPS) is 11.9. The maximum atomic E-state index is 12.1. The van der Waals surface area contributed by atoms with E-state index in [4.69, 9.17) is 16.3 Å². The fourth-order valence-corrected chi connectivity index (χ4v) is 2.56. The van der Waals surface area contributed by atoms with Gasteiger partial charge in [-0.05, 0) is 30.7 Å². The van der Waals surface area contributed by atoms with Gasteiger partial charge in [0.05, 0.1) is 11.6 Å². The van der Waals surface area contributed by atoms with Crippen molar-refractivity contribution in [2.45, 2.75) is 13.0 Å². The van der Waals surface area contributed by atoms with Gasteiger partial charge in [0.1, 0.15) is 0 Å². The summed E-state index contributed by atoms with van der Waals surface area (Å²) in [6, 6.07) is 14.1. The number of amides is 1. The summed E-state index contributed by atoms with van der Waals surface area (Å²) in [5.41, 5.74) is 1.80. The average Bonchev–Trinajstić information content (AvgIpc) is 3.04. The first-order chi connectivity index (χ1) is 12.0. The Morgan fingerprint density at radius 3 is 2.68 bits per heavy atom. The van der Waals surface area contributed by atoms with Crippen LogP contribution in [0.3, 0.4) is 0 Å². The minimum atomic E-state index is -0.647. The van der Waals surface area contributed by atoms with Gasteiger partial charge in [0, 0.05) is 10.4 Å². The van der Waals surface area contributed by atoms with Crippen LogP contribution >= 0.6 is 11.6 Å². The molecule has 1 heterocycles. The van der Waals surface area contributed by atoms with Crippen molar-refractivity contribution in [3.63, 3.8) is 0 Å². The Bertz CT molecular complexity index is 905. The molecule has 0 fully saturated rings. The molecule has 0 spiro atoms. The molecular weight excluding hydrogens is 342 g/mol. The number of rotatable bonds is 5. The molecule has 0 aliphatic heterocycles. The molecule has 3 rings (SSSR count). The van der Waals surface area contributed by atoms with Gasteiger partial charge in [-0.15, -0.1) is 0 Å². The fraction of sp³-hybridized carbons (Fsp3) is 0.167. The number of aromatic nitrogens is 2. The third kappa shape index (κ3) is 3.97. The maximum absolute atomic E-state index is 12.1. The predicted octanol–water partition coefficient (Wildman–Crippen LogP) is 3.25. The number of nitrogens with one attached hydrogen (secondary N) is 2. The molecule has 6 nitrogen and oxygen atoms in total. The Kier molecular flexibility index (Phi) is 5.00. The Labute approximate surface area is 149 Å². The molecule has 0 saturated heterocycles. The number of hydrogen-bond donors (Lipinski definition) is 2. The number of ether oxygens (including phenoxy) is 1. The second kappa shape index (κ2) is 7.36. The molecule has 1 atom stereocenters. The molecule has 1 aromatic heterocycles. The van der Waals surface area contributed by atoms with Crippen molar-refractivity contribution in [2.24, 2.45) is 0 Å². The van der Waals surface area contributed by atoms with Crippen molar-refractivity contribution < 1.29 is 14.3 Å². The average molecular weight is 358 g/mol. The third-order valence-corrected chi connectivity index (χ3v) is 4.00. The monoisotopic (exact) mass is 357 g/mol. The van der Waals surface area contributed by atoms with Gasteiger partial charge in [0.2, 0.25) is 0 Å². The van der Waals surface area contributed by atoms with Crippen LogP contribution in [-0.2, 0) is 9.53 Å². The first-order valence-electron chi connectivity index (χ1n) is 7.69. The zero-order valence-corrected chi connectivity index (χ0v) is 14.2. The molecule has 1 amide bonds. The number of H-pyrrole nitrogens is 1. The van der Waals surface area contributed by atoms with Crippen LogP contribution < -0.4 is 5.32 Å². The van der Waals surface area contributed by atoms with Gasteiger partial charge in [0.25, 0.3) is 5.91 Å². The molecule has 128 valence electrons. The first kappa shape index (κ1) is 17.0. The lowest BCUT2D eigenvalue weighted by Gasteiger charge is -2.14. The van der Waals surface area contributed by atoms with Crippen molar-refractivity contribution in [3.8, 4) is 0 Å². The zero-order valence-electron chi connectivity index (χ0n) is 13.5. The van der Waals surface area contributed by atoms with E-state index in [2.05, 4.69) is 15.5 Å². The summed E-state index contributed by atoms with van der Waals surface area (Å²) >= 11 is 5.84. The molecule has 0 radical (unpaired) electrons. The number of esters is 1. The summed E-state index contributed by atoms with van der Waals surface area (Å²) in [4.78, 5) is 24.1. The van der Waals surface area contributed by atoms with E-state index in [1.54, 1.807) is 30.3 Å². The van der Waals surface area contributed by atoms with Crippen LogP contribution in [0.25, 0.3) is 10.9 Å². The minimum Gasteiger partial charge on any atom is -0.451 e. The summed E-state index contributed by atoms with van der Waals surface area (Å²) in [6.07, 6.45) is 0. The van der Waals surface area contributed by atoms with Crippen LogP contribution in [0.1, 0.15) is 29.0 Å². The van der Waals surface area contributed by atoms with Crippen LogP contribution in [0, 0.1) is 0 Å². The van der Waals surface area contributed by atoms with E-state index in [1.807, 2.05) is 25.1 Å². The highest BCUT2D eigenvalue weighted by molar-refractivity contribution is 6.30. The Hall–Kier alpha value is -2.86. The number of halogens is 1. The number of aromatic amines is 1. The SMILES string of the molecule is C[C@@H](NC(=O)COC(=O)c1n[nH]c2ccccc12)c1ccc(Cl)cc1. The van der Waals surface area contributed by atoms with Crippen LogP contribution in [0.4, 0.5) is 0 Å². The molecule has 0 unspecified atom stereocenters. The van der Waals surface area contributed by atoms with Crippen LogP contribution in [0.5, 0.6) is 0 Å². The maximum Gasteiger partial charge on any atom is 0.359 e. The number of benzene rings is 2. The molecule has 7 heteroatoms. The standard InChI is InChI=1S/C18H16ClN3O3/c1-11(12-6-8-13(19)9-7-12)20-16(23)10-25-18(24)17-14-4-2-3-5-15(14)21-22-17/h2-9,11H,10H2,1H3,(H,20,23)(H,21,22)/t11-/m1/s1. The van der Waals surface area contributed by atoms with E-state index in [9.17, 15) is 9.59 Å². The molecule has 2 aromatic carbocycles. The molecule has 2 N–H and O–H groups in total. The van der Waals surface area contributed by atoms with Gasteiger partial charge in [-0.3, -0.25) is 9.89 Å². The molecule has 0 aliphatic carbocycles. The number of hydrogen-bond acceptors (Lipinski definition) is 4. The van der Waals surface area contributed by atoms with Gasteiger partial charge in [-0.25, -0.2) is 4.79 Å². The van der Waals surface area contributed by atoms with Gasteiger partial charge in [-0.1, -0.05) is 41.9 Å². The van der Waals surface area contributed by atoms with Crippen molar-refractivity contribution in [1.29, 1.82) is 0 Å². The van der Waals surface area contributed by atoms with Gasteiger partial charge in [-0.2, -0.15) is 5.10 Å². The summed E-state index contributed by atoms with van der Waals surface area (Å²) in [6.45, 7) is 1.46. The quantitative estimate of drug-likeness (QED) is 0.686. The van der Waals surface area contributed by atoms with E-state index >= 15 is 0 Å². The predicted molar refractivity (Wildman–Crippen MR) is 94.4 cm³/mol. The van der Waals surface area contributed by atoms with Crippen molar-refractivity contribution in [2.75, 3.05) is 6.61 Å². The summed E-state index contributed by atoms with van der Waals surface area (Å²) < 4.78 is 5.06. The van der Waals surface area contributed by atoms with E-state index in [-0.39, 0.29) is 18.3 Å². The van der Waals surface area contributed by atoms with Crippen molar-refractivity contribution in [3.05, 3.63) is 64.8 Å². The van der Waals surface area contributed by atoms with Gasteiger partial charge >= 0.3 is 5.97 Å². The minimum absolute atomic E-state index is 0.161. The fourth-order valence-electron chi connectivity index (χ4n) is 2.44. The lowest BCUT2D eigenvalue weighted by atomic mass is 10.1. The molecular formula is C18H16ClN3O3. The summed E-state index contributed by atoms with van der Waals surface area (Å²) in [5, 5.41) is 10.7. The summed E-state index contributed by atoms with van der Waals surface area (Å²) in [5.74, 6) is -1.04. The van der Waals surface area contributed by atoms with Crippen LogP contribution in [-0.4, -0.2) is 28.7 Å². The van der Waals surface area contributed by atoms with E-state index in [0.717, 1.165) is 11.1 Å². The molecule has 25 heavy (non-hydrogen) atoms. The van der Waals surface area contributed by atoms with Crippen LogP contribution in [0.15, 0.2) is 48.5 Å². The van der Waals surface area contributed by atoms with Crippen LogP contribution in [0.2, 0.25) is 5.02 Å². The first-order valence-corrected chi connectivity index (χ1v) is 8.07. The van der Waals surface area contributed by atoms with E-state index in [1.165, 1.54) is 0 Å². The third-order valence-electron chi connectivity index (χ3n) is 3.75. The number of para-hydroxylation sites is 1. The molecule has 0 aliphatic rings. The molecule has 0 saturated carbocycles. The second-order valence-electron chi connectivity index (χ2n) is 5.53. The van der Waals surface area contributed by atoms with E-state index in [0.29, 0.717) is 10.4 Å². The summed E-state index contributed by atoms with van der Waals surface area (Å²) in [7, 11) is 0. The largest absolute Gasteiger partial charge is 0.451 e. The number of fused-ring (bicyclic) bond motifs is 1. The number of nitrogens with zero attached hydrogens (tertiary/aromatic N) is 1. The zero-order chi connectivity index (χ0) is 17.8. The topological polar surface area (TPSA) is 84.1 Å². The molecule has 3 aromatic rings. The smallest absolute Gasteiger partial charge is 0.359 e. The molecule has 0 bridgehead atoms. The number of carbonyl (C=O) groups is 2. The highest BCUT2D eigenvalue weighted by Gasteiger charge is 2.17. The van der Waals surface area contributed by atoms with Crippen molar-refractivity contribution in [1.82, 2.24) is 15.5 Å².